The molecule has 0 radical (unpaired) electrons. The second-order valence-electron chi connectivity index (χ2n) is 5.62. The molecule has 2 amide bonds. The Balaban J connectivity index is 1.92. The Hall–Kier alpha value is -0.900. The molecule has 0 spiro atoms. The van der Waals surface area contributed by atoms with Crippen molar-refractivity contribution in [1.29, 1.82) is 0 Å². The lowest BCUT2D eigenvalue weighted by Crippen LogP contribution is -2.50. The highest BCUT2D eigenvalue weighted by molar-refractivity contribution is 5.97. The van der Waals surface area contributed by atoms with E-state index in [2.05, 4.69) is 0 Å². The quantitative estimate of drug-likeness (QED) is 0.753. The molecule has 1 unspecified atom stereocenters. The number of piperidine rings is 1. The van der Waals surface area contributed by atoms with Crippen molar-refractivity contribution >= 4 is 11.8 Å². The maximum absolute atomic E-state index is 11.8. The van der Waals surface area contributed by atoms with Crippen molar-refractivity contribution in [2.75, 3.05) is 6.54 Å². The van der Waals surface area contributed by atoms with E-state index in [1.165, 1.54) is 17.7 Å². The van der Waals surface area contributed by atoms with Crippen LogP contribution < -0.4 is 5.73 Å². The first-order chi connectivity index (χ1) is 8.08. The summed E-state index contributed by atoms with van der Waals surface area (Å²) >= 11 is 0. The van der Waals surface area contributed by atoms with Crippen LogP contribution in [-0.4, -0.2) is 29.3 Å². The number of likely N-dealkylation sites (tertiary alicyclic amines) is 1. The zero-order chi connectivity index (χ0) is 12.4. The Morgan fingerprint density at radius 1 is 1.24 bits per heavy atom. The van der Waals surface area contributed by atoms with Crippen LogP contribution in [0, 0.1) is 11.8 Å². The standard InChI is InChI=1S/C13H22N2O2/c1-9-6-12(16)15(13(17)7-9)8-11(14)10-4-2-3-5-10/h9-11H,2-8,14H2,1H3. The molecule has 2 rings (SSSR count). The third-order valence-electron chi connectivity index (χ3n) is 4.05. The van der Waals surface area contributed by atoms with Crippen LogP contribution in [0.5, 0.6) is 0 Å². The number of carbonyl (C=O) groups is 2. The third-order valence-corrected chi connectivity index (χ3v) is 4.05. The van der Waals surface area contributed by atoms with E-state index in [1.807, 2.05) is 6.92 Å². The van der Waals surface area contributed by atoms with E-state index in [1.54, 1.807) is 0 Å². The molecule has 0 aromatic heterocycles. The van der Waals surface area contributed by atoms with Gasteiger partial charge in [0, 0.05) is 25.4 Å². The summed E-state index contributed by atoms with van der Waals surface area (Å²) in [6, 6.07) is -0.0289. The Morgan fingerprint density at radius 2 is 1.76 bits per heavy atom. The molecule has 1 aliphatic carbocycles. The van der Waals surface area contributed by atoms with Gasteiger partial charge in [-0.25, -0.2) is 0 Å². The van der Waals surface area contributed by atoms with Gasteiger partial charge in [-0.3, -0.25) is 14.5 Å². The minimum absolute atomic E-state index is 0.0289. The fraction of sp³-hybridized carbons (Fsp3) is 0.846. The zero-order valence-electron chi connectivity index (χ0n) is 10.5. The van der Waals surface area contributed by atoms with E-state index < -0.39 is 0 Å². The van der Waals surface area contributed by atoms with Crippen LogP contribution >= 0.6 is 0 Å². The van der Waals surface area contributed by atoms with Gasteiger partial charge in [0.05, 0.1) is 0 Å². The van der Waals surface area contributed by atoms with E-state index in [0.29, 0.717) is 25.3 Å². The molecule has 4 nitrogen and oxygen atoms in total. The Bertz CT molecular complexity index is 293. The van der Waals surface area contributed by atoms with Crippen LogP contribution in [-0.2, 0) is 9.59 Å². The number of imide groups is 1. The summed E-state index contributed by atoms with van der Waals surface area (Å²) in [5.74, 6) is 0.605. The van der Waals surface area contributed by atoms with Gasteiger partial charge in [-0.1, -0.05) is 19.8 Å². The molecule has 1 aliphatic heterocycles. The van der Waals surface area contributed by atoms with Crippen molar-refractivity contribution in [3.05, 3.63) is 0 Å². The maximum Gasteiger partial charge on any atom is 0.229 e. The fourth-order valence-corrected chi connectivity index (χ4v) is 2.98. The molecular weight excluding hydrogens is 216 g/mol. The largest absolute Gasteiger partial charge is 0.326 e. The first-order valence-electron chi connectivity index (χ1n) is 6.66. The van der Waals surface area contributed by atoms with Crippen molar-refractivity contribution in [1.82, 2.24) is 4.90 Å². The smallest absolute Gasteiger partial charge is 0.229 e. The molecule has 1 saturated carbocycles. The van der Waals surface area contributed by atoms with Crippen molar-refractivity contribution in [2.24, 2.45) is 17.6 Å². The van der Waals surface area contributed by atoms with E-state index in [9.17, 15) is 9.59 Å². The number of carbonyl (C=O) groups excluding carboxylic acids is 2. The van der Waals surface area contributed by atoms with Gasteiger partial charge in [0.1, 0.15) is 0 Å². The minimum Gasteiger partial charge on any atom is -0.326 e. The van der Waals surface area contributed by atoms with E-state index in [0.717, 1.165) is 12.8 Å². The molecule has 4 heteroatoms. The lowest BCUT2D eigenvalue weighted by molar-refractivity contribution is -0.150. The molecule has 2 aliphatic rings. The number of nitrogens with two attached hydrogens (primary N) is 1. The molecule has 2 N–H and O–H groups in total. The van der Waals surface area contributed by atoms with Gasteiger partial charge in [-0.05, 0) is 24.7 Å². The van der Waals surface area contributed by atoms with Gasteiger partial charge in [0.25, 0.3) is 0 Å². The fourth-order valence-electron chi connectivity index (χ4n) is 2.98. The van der Waals surface area contributed by atoms with Crippen LogP contribution in [0.1, 0.15) is 45.4 Å². The van der Waals surface area contributed by atoms with Crippen LogP contribution in [0.15, 0.2) is 0 Å². The predicted octanol–water partition coefficient (Wildman–Crippen LogP) is 1.29. The summed E-state index contributed by atoms with van der Waals surface area (Å²) < 4.78 is 0. The summed E-state index contributed by atoms with van der Waals surface area (Å²) in [6.07, 6.45) is 5.74. The Morgan fingerprint density at radius 3 is 2.29 bits per heavy atom. The van der Waals surface area contributed by atoms with Gasteiger partial charge in [0.15, 0.2) is 0 Å². The zero-order valence-corrected chi connectivity index (χ0v) is 10.5. The molecule has 96 valence electrons. The van der Waals surface area contributed by atoms with Crippen LogP contribution in [0.25, 0.3) is 0 Å². The van der Waals surface area contributed by atoms with Gasteiger partial charge in [0.2, 0.25) is 11.8 Å². The normalized spacial score (nSPS) is 25.6. The topological polar surface area (TPSA) is 63.4 Å². The summed E-state index contributed by atoms with van der Waals surface area (Å²) in [5.41, 5.74) is 6.12. The van der Waals surface area contributed by atoms with Gasteiger partial charge in [-0.15, -0.1) is 0 Å². The average Bonchev–Trinajstić information content (AvgIpc) is 2.76. The lowest BCUT2D eigenvalue weighted by atomic mass is 9.94. The number of hydrogen-bond acceptors (Lipinski definition) is 3. The number of amides is 2. The number of hydrogen-bond donors (Lipinski definition) is 1. The minimum atomic E-state index is -0.0396. The lowest BCUT2D eigenvalue weighted by Gasteiger charge is -2.31. The Kier molecular flexibility index (Phi) is 3.82. The molecule has 0 bridgehead atoms. The first kappa shape index (κ1) is 12.6. The van der Waals surface area contributed by atoms with Crippen molar-refractivity contribution in [3.63, 3.8) is 0 Å². The van der Waals surface area contributed by atoms with E-state index in [-0.39, 0.29) is 23.8 Å². The molecule has 2 fully saturated rings. The molecule has 1 heterocycles. The third kappa shape index (κ3) is 2.86. The molecule has 1 atom stereocenters. The first-order valence-corrected chi connectivity index (χ1v) is 6.66. The highest BCUT2D eigenvalue weighted by Gasteiger charge is 2.33. The monoisotopic (exact) mass is 238 g/mol. The second-order valence-corrected chi connectivity index (χ2v) is 5.62. The van der Waals surface area contributed by atoms with Crippen LogP contribution in [0.2, 0.25) is 0 Å². The molecule has 17 heavy (non-hydrogen) atoms. The van der Waals surface area contributed by atoms with Crippen molar-refractivity contribution in [2.45, 2.75) is 51.5 Å². The molecule has 1 saturated heterocycles. The number of rotatable bonds is 3. The van der Waals surface area contributed by atoms with Crippen LogP contribution in [0.4, 0.5) is 0 Å². The summed E-state index contributed by atoms with van der Waals surface area (Å²) in [7, 11) is 0. The predicted molar refractivity (Wildman–Crippen MR) is 65.1 cm³/mol. The highest BCUT2D eigenvalue weighted by atomic mass is 16.2. The van der Waals surface area contributed by atoms with Crippen molar-refractivity contribution < 1.29 is 9.59 Å². The van der Waals surface area contributed by atoms with Gasteiger partial charge < -0.3 is 5.73 Å². The molecule has 0 aromatic rings. The van der Waals surface area contributed by atoms with E-state index in [4.69, 9.17) is 5.73 Å². The average molecular weight is 238 g/mol. The van der Waals surface area contributed by atoms with Gasteiger partial charge >= 0.3 is 0 Å². The second kappa shape index (κ2) is 5.17. The highest BCUT2D eigenvalue weighted by Crippen LogP contribution is 2.28. The van der Waals surface area contributed by atoms with Crippen LogP contribution in [0.3, 0.4) is 0 Å². The summed E-state index contributed by atoms with van der Waals surface area (Å²) in [4.78, 5) is 25.0. The number of nitrogens with zero attached hydrogens (tertiary/aromatic N) is 1. The van der Waals surface area contributed by atoms with E-state index >= 15 is 0 Å². The molecule has 0 aromatic carbocycles. The molecular formula is C13H22N2O2. The van der Waals surface area contributed by atoms with Gasteiger partial charge in [-0.2, -0.15) is 0 Å². The SMILES string of the molecule is CC1CC(=O)N(CC(N)C2CCCC2)C(=O)C1. The summed E-state index contributed by atoms with van der Waals surface area (Å²) in [6.45, 7) is 2.37. The summed E-state index contributed by atoms with van der Waals surface area (Å²) in [5, 5.41) is 0. The Labute approximate surface area is 103 Å². The maximum atomic E-state index is 11.8. The van der Waals surface area contributed by atoms with Crippen molar-refractivity contribution in [3.8, 4) is 0 Å².